The molecule has 2 aromatic carbocycles. The van der Waals surface area contributed by atoms with E-state index in [-0.39, 0.29) is 24.0 Å². The van der Waals surface area contributed by atoms with Gasteiger partial charge in [-0.15, -0.1) is 0 Å². The van der Waals surface area contributed by atoms with E-state index >= 15 is 0 Å². The Bertz CT molecular complexity index is 693. The summed E-state index contributed by atoms with van der Waals surface area (Å²) in [6, 6.07) is 23.2. The minimum Gasteiger partial charge on any atom is -1.00 e. The number of aromatic amines is 1. The van der Waals surface area contributed by atoms with Gasteiger partial charge in [-0.3, -0.25) is 0 Å². The smallest absolute Gasteiger partial charge is 0.211 e. The lowest BCUT2D eigenvalue weighted by atomic mass is 10.0. The zero-order valence-corrected chi connectivity index (χ0v) is 13.5. The van der Waals surface area contributed by atoms with Crippen molar-refractivity contribution in [3.8, 4) is 22.4 Å². The molecule has 1 heterocycles. The van der Waals surface area contributed by atoms with E-state index in [1.54, 1.807) is 0 Å². The molecule has 2 heteroatoms. The van der Waals surface area contributed by atoms with E-state index < -0.39 is 0 Å². The summed E-state index contributed by atoms with van der Waals surface area (Å²) < 4.78 is 0. The minimum atomic E-state index is 0. The summed E-state index contributed by atoms with van der Waals surface area (Å²) in [5.41, 5.74) is 6.16. The third kappa shape index (κ3) is 3.07. The largest absolute Gasteiger partial charge is 1.00 e. The van der Waals surface area contributed by atoms with Crippen molar-refractivity contribution in [1.82, 2.24) is 0 Å². The van der Waals surface area contributed by atoms with Gasteiger partial charge in [0.1, 0.15) is 0 Å². The number of hydrogen-bond acceptors (Lipinski definition) is 0. The van der Waals surface area contributed by atoms with Gasteiger partial charge in [0.05, 0.1) is 0 Å². The maximum Gasteiger partial charge on any atom is 0.211 e. The van der Waals surface area contributed by atoms with E-state index in [1.165, 1.54) is 22.3 Å². The molecule has 0 bridgehead atoms. The van der Waals surface area contributed by atoms with Crippen LogP contribution in [0, 0.1) is 6.92 Å². The van der Waals surface area contributed by atoms with E-state index in [0.29, 0.717) is 0 Å². The van der Waals surface area contributed by atoms with Crippen molar-refractivity contribution in [2.45, 2.75) is 6.92 Å². The molecule has 0 unspecified atom stereocenters. The summed E-state index contributed by atoms with van der Waals surface area (Å²) in [6.45, 7) is 2.14. The maximum absolute atomic E-state index is 3.34. The molecule has 0 radical (unpaired) electrons. The van der Waals surface area contributed by atoms with Gasteiger partial charge in [-0.2, -0.15) is 0 Å². The van der Waals surface area contributed by atoms with Crippen molar-refractivity contribution < 1.29 is 29.0 Å². The third-order valence-electron chi connectivity index (χ3n) is 3.34. The first-order valence-corrected chi connectivity index (χ1v) is 6.48. The van der Waals surface area contributed by atoms with E-state index in [0.717, 1.165) is 5.69 Å². The molecule has 0 amide bonds. The van der Waals surface area contributed by atoms with Crippen LogP contribution in [-0.4, -0.2) is 0 Å². The summed E-state index contributed by atoms with van der Waals surface area (Å²) in [5.74, 6) is 0. The lowest BCUT2D eigenvalue weighted by molar-refractivity contribution is -0.364. The Hall–Kier alpha value is -1.68. The van der Waals surface area contributed by atoms with Crippen LogP contribution in [0.4, 0.5) is 0 Å². The molecule has 1 nitrogen and oxygen atoms in total. The molecule has 0 atom stereocenters. The van der Waals surface area contributed by atoms with Crippen molar-refractivity contribution in [3.63, 3.8) is 0 Å². The highest BCUT2D eigenvalue weighted by Crippen LogP contribution is 2.24. The average molecular weight is 373 g/mol. The standard InChI is InChI=1S/C18H15N.HI/c1-14-7-5-6-10-17(14)18-13-16(11-12-19-18)15-8-3-2-4-9-15;/h2-13H,1H3;1H. The van der Waals surface area contributed by atoms with Crippen LogP contribution in [-0.2, 0) is 0 Å². The van der Waals surface area contributed by atoms with Gasteiger partial charge < -0.3 is 24.0 Å². The van der Waals surface area contributed by atoms with Gasteiger partial charge in [-0.1, -0.05) is 48.5 Å². The summed E-state index contributed by atoms with van der Waals surface area (Å²) in [4.78, 5) is 3.34. The van der Waals surface area contributed by atoms with Crippen molar-refractivity contribution in [2.24, 2.45) is 0 Å². The Morgan fingerprint density at radius 2 is 1.45 bits per heavy atom. The SMILES string of the molecule is Cc1ccccc1-c1cc(-c2ccccc2)cc[nH+]1.[I-]. The quantitative estimate of drug-likeness (QED) is 0.599. The second-order valence-electron chi connectivity index (χ2n) is 4.67. The molecule has 0 saturated carbocycles. The van der Waals surface area contributed by atoms with E-state index in [2.05, 4.69) is 72.6 Å². The van der Waals surface area contributed by atoms with Crippen LogP contribution in [0.25, 0.3) is 22.4 Å². The molecule has 20 heavy (non-hydrogen) atoms. The van der Waals surface area contributed by atoms with Crippen LogP contribution in [0.5, 0.6) is 0 Å². The minimum absolute atomic E-state index is 0. The number of aryl methyl sites for hydroxylation is 1. The van der Waals surface area contributed by atoms with E-state index in [4.69, 9.17) is 0 Å². The van der Waals surface area contributed by atoms with Crippen LogP contribution in [0.1, 0.15) is 5.56 Å². The predicted molar refractivity (Wildman–Crippen MR) is 78.6 cm³/mol. The molecule has 0 aliphatic carbocycles. The van der Waals surface area contributed by atoms with Gasteiger partial charge in [0.25, 0.3) is 0 Å². The molecule has 1 N–H and O–H groups in total. The highest BCUT2D eigenvalue weighted by Gasteiger charge is 2.09. The summed E-state index contributed by atoms with van der Waals surface area (Å²) >= 11 is 0. The monoisotopic (exact) mass is 373 g/mol. The molecule has 3 rings (SSSR count). The van der Waals surface area contributed by atoms with Gasteiger partial charge in [0, 0.05) is 17.7 Å². The number of nitrogens with one attached hydrogen (secondary N) is 1. The Morgan fingerprint density at radius 3 is 2.20 bits per heavy atom. The molecule has 1 aromatic heterocycles. The fourth-order valence-electron chi connectivity index (χ4n) is 2.31. The number of rotatable bonds is 2. The number of H-pyrrole nitrogens is 1. The van der Waals surface area contributed by atoms with Crippen LogP contribution < -0.4 is 29.0 Å². The van der Waals surface area contributed by atoms with Gasteiger partial charge in [-0.25, -0.2) is 4.98 Å². The lowest BCUT2D eigenvalue weighted by Gasteiger charge is -2.03. The van der Waals surface area contributed by atoms with Gasteiger partial charge in [-0.05, 0) is 29.7 Å². The topological polar surface area (TPSA) is 14.1 Å². The zero-order chi connectivity index (χ0) is 13.1. The molecule has 3 aromatic rings. The Balaban J connectivity index is 0.00000147. The first kappa shape index (κ1) is 14.7. The second-order valence-corrected chi connectivity index (χ2v) is 4.67. The molecule has 0 saturated heterocycles. The molecule has 0 aliphatic rings. The van der Waals surface area contributed by atoms with Gasteiger partial charge in [0.15, 0.2) is 6.20 Å². The van der Waals surface area contributed by atoms with Crippen LogP contribution in [0.2, 0.25) is 0 Å². The Morgan fingerprint density at radius 1 is 0.750 bits per heavy atom. The number of hydrogen-bond donors (Lipinski definition) is 0. The third-order valence-corrected chi connectivity index (χ3v) is 3.34. The van der Waals surface area contributed by atoms with E-state index in [1.807, 2.05) is 12.3 Å². The van der Waals surface area contributed by atoms with Crippen molar-refractivity contribution >= 4 is 0 Å². The normalized spacial score (nSPS) is 9.85. The first-order chi connectivity index (χ1) is 9.34. The second kappa shape index (κ2) is 6.66. The first-order valence-electron chi connectivity index (χ1n) is 6.48. The average Bonchev–Trinajstić information content (AvgIpc) is 2.49. The predicted octanol–water partition coefficient (Wildman–Crippen LogP) is 1.15. The van der Waals surface area contributed by atoms with Gasteiger partial charge in [0.2, 0.25) is 5.69 Å². The molecule has 0 spiro atoms. The highest BCUT2D eigenvalue weighted by molar-refractivity contribution is 5.69. The zero-order valence-electron chi connectivity index (χ0n) is 11.3. The van der Waals surface area contributed by atoms with E-state index in [9.17, 15) is 0 Å². The van der Waals surface area contributed by atoms with Crippen LogP contribution >= 0.6 is 0 Å². The molecule has 0 aliphatic heterocycles. The number of halogens is 1. The maximum atomic E-state index is 3.34. The number of aromatic nitrogens is 1. The fraction of sp³-hybridized carbons (Fsp3) is 0.0556. The summed E-state index contributed by atoms with van der Waals surface area (Å²) in [5, 5.41) is 0. The summed E-state index contributed by atoms with van der Waals surface area (Å²) in [7, 11) is 0. The fourth-order valence-corrected chi connectivity index (χ4v) is 2.31. The number of benzene rings is 2. The van der Waals surface area contributed by atoms with Crippen molar-refractivity contribution in [3.05, 3.63) is 78.5 Å². The molecule has 0 fully saturated rings. The molecular weight excluding hydrogens is 357 g/mol. The molecule has 100 valence electrons. The van der Waals surface area contributed by atoms with Crippen molar-refractivity contribution in [2.75, 3.05) is 0 Å². The Labute approximate surface area is 136 Å². The highest BCUT2D eigenvalue weighted by atomic mass is 127. The Kier molecular flexibility index (Phi) is 4.90. The van der Waals surface area contributed by atoms with Gasteiger partial charge >= 0.3 is 0 Å². The summed E-state index contributed by atoms with van der Waals surface area (Å²) in [6.07, 6.45) is 2.00. The molecular formula is C18H16IN. The lowest BCUT2D eigenvalue weighted by Crippen LogP contribution is -3.00. The van der Waals surface area contributed by atoms with Crippen LogP contribution in [0.15, 0.2) is 72.9 Å². The van der Waals surface area contributed by atoms with Crippen molar-refractivity contribution in [1.29, 1.82) is 0 Å². The van der Waals surface area contributed by atoms with Crippen LogP contribution in [0.3, 0.4) is 0 Å². The number of pyridine rings is 1.